The van der Waals surface area contributed by atoms with E-state index in [9.17, 15) is 14.4 Å². The zero-order chi connectivity index (χ0) is 44.4. The van der Waals surface area contributed by atoms with E-state index in [1.54, 1.807) is 4.90 Å². The van der Waals surface area contributed by atoms with Crippen LogP contribution in [0.4, 0.5) is 21.9 Å². The molecule has 0 atom stereocenters. The molecule has 16 heteroatoms. The molecule has 4 aliphatic rings. The number of carbonyl (C=O) groups excluding carboxylic acids is 3. The fraction of sp³-hybridized carbons (Fsp3) is 0.426. The second-order valence-corrected chi connectivity index (χ2v) is 18.1. The number of pyridine rings is 1. The fourth-order valence-corrected chi connectivity index (χ4v) is 8.66. The third-order valence-corrected chi connectivity index (χ3v) is 12.5. The highest BCUT2D eigenvalue weighted by Gasteiger charge is 2.29. The zero-order valence-electron chi connectivity index (χ0n) is 36.9. The lowest BCUT2D eigenvalue weighted by molar-refractivity contribution is -0.120. The summed E-state index contributed by atoms with van der Waals surface area (Å²) in [6.07, 6.45) is 6.52. The number of allylic oxidation sites excluding steroid dienone is 2. The molecule has 63 heavy (non-hydrogen) atoms. The highest BCUT2D eigenvalue weighted by Crippen LogP contribution is 2.31. The topological polar surface area (TPSA) is 202 Å². The second kappa shape index (κ2) is 18.0. The number of dihydropyridines is 1. The average molecular weight is 855 g/mol. The van der Waals surface area contributed by atoms with Crippen molar-refractivity contribution in [3.63, 3.8) is 0 Å². The van der Waals surface area contributed by atoms with Crippen LogP contribution in [-0.2, 0) is 16.8 Å². The number of benzene rings is 2. The van der Waals surface area contributed by atoms with Gasteiger partial charge in [0.2, 0.25) is 11.8 Å². The average Bonchev–Trinajstić information content (AvgIpc) is 3.79. The van der Waals surface area contributed by atoms with Gasteiger partial charge in [-0.2, -0.15) is 4.98 Å². The molecule has 4 aromatic rings. The highest BCUT2D eigenvalue weighted by molar-refractivity contribution is 6.14. The summed E-state index contributed by atoms with van der Waals surface area (Å²) in [5.41, 5.74) is 15.5. The van der Waals surface area contributed by atoms with E-state index < -0.39 is 5.91 Å². The van der Waals surface area contributed by atoms with Crippen LogP contribution in [0.5, 0.6) is 0 Å². The number of piperidine rings is 1. The number of piperazine rings is 1. The number of amides is 4. The van der Waals surface area contributed by atoms with Crippen molar-refractivity contribution >= 4 is 46.2 Å². The number of imide groups is 1. The van der Waals surface area contributed by atoms with Gasteiger partial charge in [-0.1, -0.05) is 38.1 Å². The molecule has 16 nitrogen and oxygen atoms in total. The van der Waals surface area contributed by atoms with E-state index in [2.05, 4.69) is 65.1 Å². The van der Waals surface area contributed by atoms with E-state index in [0.717, 1.165) is 98.0 Å². The van der Waals surface area contributed by atoms with Crippen LogP contribution in [0.3, 0.4) is 0 Å². The third-order valence-electron chi connectivity index (χ3n) is 12.5. The second-order valence-electron chi connectivity index (χ2n) is 18.1. The van der Waals surface area contributed by atoms with Crippen molar-refractivity contribution in [2.75, 3.05) is 73.6 Å². The molecule has 330 valence electrons. The van der Waals surface area contributed by atoms with Crippen molar-refractivity contribution in [1.82, 2.24) is 36.0 Å². The van der Waals surface area contributed by atoms with E-state index in [-0.39, 0.29) is 29.7 Å². The lowest BCUT2D eigenvalue weighted by atomic mass is 9.94. The Balaban J connectivity index is 0.802. The minimum atomic E-state index is -0.414. The minimum absolute atomic E-state index is 0.00136. The maximum atomic E-state index is 12.7. The first-order chi connectivity index (χ1) is 30.2. The van der Waals surface area contributed by atoms with Gasteiger partial charge in [-0.3, -0.25) is 35.1 Å². The number of anilines is 3. The van der Waals surface area contributed by atoms with E-state index in [1.165, 1.54) is 5.69 Å². The number of urea groups is 1. The summed E-state index contributed by atoms with van der Waals surface area (Å²) in [4.78, 5) is 54.9. The first kappa shape index (κ1) is 43.1. The van der Waals surface area contributed by atoms with Gasteiger partial charge in [0.05, 0.1) is 23.3 Å². The number of carbonyl (C=O) groups is 3. The van der Waals surface area contributed by atoms with Gasteiger partial charge in [0, 0.05) is 99.8 Å². The Morgan fingerprint density at radius 3 is 2.35 bits per heavy atom. The summed E-state index contributed by atoms with van der Waals surface area (Å²) in [6, 6.07) is 15.8. The van der Waals surface area contributed by atoms with Gasteiger partial charge in [0.25, 0.3) is 11.7 Å². The van der Waals surface area contributed by atoms with Crippen molar-refractivity contribution in [2.45, 2.75) is 65.8 Å². The van der Waals surface area contributed by atoms with E-state index in [1.807, 2.05) is 71.2 Å². The van der Waals surface area contributed by atoms with Crippen LogP contribution in [0.15, 0.2) is 76.7 Å². The van der Waals surface area contributed by atoms with Crippen LogP contribution in [0.2, 0.25) is 0 Å². The van der Waals surface area contributed by atoms with Gasteiger partial charge in [0.1, 0.15) is 5.82 Å². The minimum Gasteiger partial charge on any atom is -0.385 e. The number of rotatable bonds is 11. The summed E-state index contributed by atoms with van der Waals surface area (Å²) in [7, 11) is 0. The molecule has 4 amide bonds. The number of nitrogens with two attached hydrogens (primary N) is 1. The number of aryl methyl sites for hydroxylation is 2. The molecule has 3 saturated heterocycles. The predicted octanol–water partition coefficient (Wildman–Crippen LogP) is 5.02. The number of hydrogen-bond donors (Lipinski definition) is 5. The number of hydrogen-bond acceptors (Lipinski definition) is 13. The predicted molar refractivity (Wildman–Crippen MR) is 244 cm³/mol. The molecule has 6 N–H and O–H groups in total. The molecular formula is C47H58N12O4. The molecule has 3 fully saturated rings. The monoisotopic (exact) mass is 854 g/mol. The van der Waals surface area contributed by atoms with Crippen LogP contribution in [0, 0.1) is 25.2 Å². The molecule has 0 bridgehead atoms. The van der Waals surface area contributed by atoms with E-state index in [4.69, 9.17) is 20.7 Å². The van der Waals surface area contributed by atoms with Crippen molar-refractivity contribution < 1.29 is 18.9 Å². The first-order valence-corrected chi connectivity index (χ1v) is 21.9. The van der Waals surface area contributed by atoms with E-state index in [0.29, 0.717) is 54.0 Å². The van der Waals surface area contributed by atoms with Crippen LogP contribution >= 0.6 is 0 Å². The normalized spacial score (nSPS) is 18.0. The van der Waals surface area contributed by atoms with Crippen molar-refractivity contribution in [3.8, 4) is 0 Å². The largest absolute Gasteiger partial charge is 0.385 e. The third kappa shape index (κ3) is 9.75. The standard InChI is InChI=1S/C47H58N12O4/c1-29-22-32(6-7-33(29)25-52-44(61)43-54-45(63-55-43)47(3,4)5)41(48)37-24-34(26-51-42(37)49)38-10-8-36(27-50-38)58-20-18-56(19-21-58)28-31-12-15-57(16-13-31)35-9-11-39(30(2)23-35)59-17-14-40(60)53-46(59)62/h6-11,22-24,27,31,48,51H,12-21,25-26,28,49H2,1-5H3,(H,52,61)(H,53,60,62). The summed E-state index contributed by atoms with van der Waals surface area (Å²) in [5, 5.41) is 21.5. The van der Waals surface area contributed by atoms with Gasteiger partial charge in [-0.15, -0.1) is 0 Å². The first-order valence-electron chi connectivity index (χ1n) is 21.9. The Labute approximate surface area is 368 Å². The number of aromatic nitrogens is 3. The Bertz CT molecular complexity index is 2450. The number of nitrogens with one attached hydrogen (secondary N) is 4. The van der Waals surface area contributed by atoms with Gasteiger partial charge < -0.3 is 30.7 Å². The molecular weight excluding hydrogens is 797 g/mol. The van der Waals surface area contributed by atoms with Gasteiger partial charge in [0.15, 0.2) is 0 Å². The fourth-order valence-electron chi connectivity index (χ4n) is 8.66. The zero-order valence-corrected chi connectivity index (χ0v) is 36.9. The summed E-state index contributed by atoms with van der Waals surface area (Å²) < 4.78 is 5.26. The Kier molecular flexibility index (Phi) is 12.3. The molecule has 6 heterocycles. The smallest absolute Gasteiger partial charge is 0.328 e. The summed E-state index contributed by atoms with van der Waals surface area (Å²) >= 11 is 0. The molecule has 0 unspecified atom stereocenters. The van der Waals surface area contributed by atoms with Crippen molar-refractivity contribution in [3.05, 3.63) is 112 Å². The molecule has 8 rings (SSSR count). The Morgan fingerprint density at radius 2 is 1.68 bits per heavy atom. The Hall–Kier alpha value is -6.55. The van der Waals surface area contributed by atoms with E-state index >= 15 is 0 Å². The molecule has 2 aromatic heterocycles. The number of nitrogens with zero attached hydrogens (tertiary/aromatic N) is 7. The SMILES string of the molecule is Cc1cc(C(=N)C2=C(N)NCC(c3ccc(N4CCN(CC5CCN(c6ccc(N7CCC(=O)NC7=O)c(C)c6)CC5)CC4)cn3)=C2)ccc1CNC(=O)c1noc(C(C)(C)C)n1. The van der Waals surface area contributed by atoms with Crippen LogP contribution in [0.1, 0.15) is 84.5 Å². The van der Waals surface area contributed by atoms with Crippen LogP contribution in [-0.4, -0.2) is 102 Å². The molecule has 4 aliphatic heterocycles. The van der Waals surface area contributed by atoms with Crippen molar-refractivity contribution in [1.29, 1.82) is 5.41 Å². The summed E-state index contributed by atoms with van der Waals surface area (Å²) in [5.74, 6) is 0.867. The maximum absolute atomic E-state index is 12.7. The van der Waals surface area contributed by atoms with Crippen LogP contribution in [0.25, 0.3) is 5.57 Å². The molecule has 0 saturated carbocycles. The van der Waals surface area contributed by atoms with Gasteiger partial charge >= 0.3 is 6.03 Å². The van der Waals surface area contributed by atoms with Gasteiger partial charge in [-0.25, -0.2) is 4.79 Å². The maximum Gasteiger partial charge on any atom is 0.328 e. The molecule has 0 spiro atoms. The summed E-state index contributed by atoms with van der Waals surface area (Å²) in [6.45, 7) is 18.0. The molecule has 0 aliphatic carbocycles. The quantitative estimate of drug-likeness (QED) is 0.126. The molecule has 0 radical (unpaired) electrons. The lowest BCUT2D eigenvalue weighted by Crippen LogP contribution is -2.49. The van der Waals surface area contributed by atoms with Gasteiger partial charge in [-0.05, 0) is 97.3 Å². The van der Waals surface area contributed by atoms with Crippen LogP contribution < -0.4 is 36.4 Å². The highest BCUT2D eigenvalue weighted by atomic mass is 16.5. The molecule has 2 aromatic carbocycles. The lowest BCUT2D eigenvalue weighted by Gasteiger charge is -2.40. The van der Waals surface area contributed by atoms with Crippen molar-refractivity contribution in [2.24, 2.45) is 11.7 Å². The Morgan fingerprint density at radius 1 is 0.937 bits per heavy atom.